The lowest BCUT2D eigenvalue weighted by molar-refractivity contribution is 0.101. The smallest absolute Gasteiger partial charge is 0.171 e. The molecule has 0 saturated heterocycles. The Morgan fingerprint density at radius 1 is 1.06 bits per heavy atom. The zero-order valence-electron chi connectivity index (χ0n) is 10.9. The molecular formula is C13H20O3. The number of aryl methyl sites for hydroxylation is 1. The van der Waals surface area contributed by atoms with Crippen LogP contribution in [0.1, 0.15) is 36.7 Å². The van der Waals surface area contributed by atoms with Gasteiger partial charge in [0.2, 0.25) is 0 Å². The number of hydrogen-bond acceptors (Lipinski definition) is 3. The second-order valence-corrected chi connectivity index (χ2v) is 3.05. The molecule has 0 N–H and O–H groups in total. The van der Waals surface area contributed by atoms with Gasteiger partial charge in [-0.2, -0.15) is 0 Å². The number of ether oxygens (including phenoxy) is 2. The first kappa shape index (κ1) is 14.5. The normalized spacial score (nSPS) is 8.88. The molecule has 16 heavy (non-hydrogen) atoms. The molecule has 3 heteroatoms. The van der Waals surface area contributed by atoms with Crippen LogP contribution >= 0.6 is 0 Å². The van der Waals surface area contributed by atoms with E-state index in [0.717, 1.165) is 5.56 Å². The molecule has 0 bridgehead atoms. The summed E-state index contributed by atoms with van der Waals surface area (Å²) in [6, 6.07) is 3.59. The van der Waals surface area contributed by atoms with Gasteiger partial charge in [-0.25, -0.2) is 0 Å². The Labute approximate surface area is 97.4 Å². The highest BCUT2D eigenvalue weighted by atomic mass is 16.5. The van der Waals surface area contributed by atoms with Crippen molar-refractivity contribution < 1.29 is 14.3 Å². The minimum atomic E-state index is -0.0276. The van der Waals surface area contributed by atoms with Gasteiger partial charge in [-0.1, -0.05) is 19.9 Å². The number of ketones is 1. The topological polar surface area (TPSA) is 35.5 Å². The molecule has 0 heterocycles. The van der Waals surface area contributed by atoms with Crippen LogP contribution in [0, 0.1) is 6.92 Å². The fraction of sp³-hybridized carbons (Fsp3) is 0.462. The maximum absolute atomic E-state index is 11.3. The average molecular weight is 224 g/mol. The highest BCUT2D eigenvalue weighted by molar-refractivity contribution is 5.97. The molecule has 0 radical (unpaired) electrons. The Morgan fingerprint density at radius 3 is 1.94 bits per heavy atom. The van der Waals surface area contributed by atoms with Gasteiger partial charge in [0, 0.05) is 0 Å². The van der Waals surface area contributed by atoms with Gasteiger partial charge in [0.05, 0.1) is 19.8 Å². The maximum atomic E-state index is 11.3. The predicted molar refractivity (Wildman–Crippen MR) is 65.6 cm³/mol. The second kappa shape index (κ2) is 6.88. The van der Waals surface area contributed by atoms with Crippen LogP contribution in [0.4, 0.5) is 0 Å². The molecule has 3 nitrogen and oxygen atoms in total. The van der Waals surface area contributed by atoms with Crippen molar-refractivity contribution in [3.63, 3.8) is 0 Å². The van der Waals surface area contributed by atoms with Gasteiger partial charge in [0.15, 0.2) is 17.3 Å². The summed E-state index contributed by atoms with van der Waals surface area (Å²) in [6.07, 6.45) is 0. The molecule has 0 aliphatic carbocycles. The quantitative estimate of drug-likeness (QED) is 0.739. The number of benzene rings is 1. The van der Waals surface area contributed by atoms with Crippen molar-refractivity contribution >= 4 is 5.78 Å². The summed E-state index contributed by atoms with van der Waals surface area (Å²) in [5.74, 6) is 1.11. The van der Waals surface area contributed by atoms with E-state index in [1.807, 2.05) is 26.8 Å². The third-order valence-corrected chi connectivity index (χ3v) is 2.10. The van der Waals surface area contributed by atoms with Crippen LogP contribution < -0.4 is 9.47 Å². The van der Waals surface area contributed by atoms with E-state index in [-0.39, 0.29) is 5.78 Å². The van der Waals surface area contributed by atoms with Crippen molar-refractivity contribution in [1.29, 1.82) is 0 Å². The monoisotopic (exact) mass is 224 g/mol. The van der Waals surface area contributed by atoms with Gasteiger partial charge >= 0.3 is 0 Å². The van der Waals surface area contributed by atoms with E-state index in [4.69, 9.17) is 9.47 Å². The van der Waals surface area contributed by atoms with E-state index in [0.29, 0.717) is 17.1 Å². The average Bonchev–Trinajstić information content (AvgIpc) is 2.30. The molecule has 1 aromatic carbocycles. The third kappa shape index (κ3) is 2.99. The first-order valence-corrected chi connectivity index (χ1v) is 5.34. The summed E-state index contributed by atoms with van der Waals surface area (Å²) in [7, 11) is 3.10. The summed E-state index contributed by atoms with van der Waals surface area (Å²) < 4.78 is 10.3. The summed E-state index contributed by atoms with van der Waals surface area (Å²) in [6.45, 7) is 7.41. The minimum absolute atomic E-state index is 0.0276. The van der Waals surface area contributed by atoms with Crippen molar-refractivity contribution in [2.24, 2.45) is 0 Å². The highest BCUT2D eigenvalue weighted by Crippen LogP contribution is 2.34. The van der Waals surface area contributed by atoms with Crippen LogP contribution in [0.5, 0.6) is 11.5 Å². The van der Waals surface area contributed by atoms with Gasteiger partial charge in [-0.15, -0.1) is 0 Å². The van der Waals surface area contributed by atoms with Gasteiger partial charge in [-0.3, -0.25) is 4.79 Å². The van der Waals surface area contributed by atoms with Gasteiger partial charge < -0.3 is 9.47 Å². The Bertz CT molecular complexity index is 356. The molecule has 0 spiro atoms. The van der Waals surface area contributed by atoms with Crippen molar-refractivity contribution in [2.45, 2.75) is 27.7 Å². The summed E-state index contributed by atoms with van der Waals surface area (Å²) in [4.78, 5) is 11.3. The Hall–Kier alpha value is -1.51. The lowest BCUT2D eigenvalue weighted by Gasteiger charge is -2.12. The predicted octanol–water partition coefficient (Wildman–Crippen LogP) is 3.24. The van der Waals surface area contributed by atoms with Crippen LogP contribution in [-0.2, 0) is 0 Å². The largest absolute Gasteiger partial charge is 0.493 e. The molecule has 0 aliphatic rings. The number of carbonyl (C=O) groups excluding carboxylic acids is 1. The van der Waals surface area contributed by atoms with Crippen LogP contribution in [0.2, 0.25) is 0 Å². The second-order valence-electron chi connectivity index (χ2n) is 3.05. The Kier molecular flexibility index (Phi) is 6.23. The third-order valence-electron chi connectivity index (χ3n) is 2.10. The van der Waals surface area contributed by atoms with Crippen molar-refractivity contribution in [1.82, 2.24) is 0 Å². The number of methoxy groups -OCH3 is 2. The summed E-state index contributed by atoms with van der Waals surface area (Å²) in [5, 5.41) is 0. The zero-order chi connectivity index (χ0) is 12.7. The van der Waals surface area contributed by atoms with E-state index in [1.165, 1.54) is 14.0 Å². The molecule has 0 fully saturated rings. The molecular weight excluding hydrogens is 204 g/mol. The van der Waals surface area contributed by atoms with Crippen molar-refractivity contribution in [3.05, 3.63) is 23.3 Å². The maximum Gasteiger partial charge on any atom is 0.171 e. The van der Waals surface area contributed by atoms with Gasteiger partial charge in [-0.05, 0) is 25.5 Å². The minimum Gasteiger partial charge on any atom is -0.493 e. The lowest BCUT2D eigenvalue weighted by atomic mass is 10.1. The molecule has 0 unspecified atom stereocenters. The molecule has 0 saturated carbocycles. The van der Waals surface area contributed by atoms with E-state index in [9.17, 15) is 4.79 Å². The molecule has 90 valence electrons. The number of rotatable bonds is 3. The molecule has 1 rings (SSSR count). The van der Waals surface area contributed by atoms with E-state index in [2.05, 4.69) is 0 Å². The molecule has 0 aliphatic heterocycles. The molecule has 0 amide bonds. The van der Waals surface area contributed by atoms with Gasteiger partial charge in [0.25, 0.3) is 0 Å². The fourth-order valence-corrected chi connectivity index (χ4v) is 1.39. The van der Waals surface area contributed by atoms with Crippen molar-refractivity contribution in [2.75, 3.05) is 14.2 Å². The Balaban J connectivity index is 0.00000106. The van der Waals surface area contributed by atoms with E-state index < -0.39 is 0 Å². The van der Waals surface area contributed by atoms with Crippen LogP contribution in [0.25, 0.3) is 0 Å². The number of carbonyl (C=O) groups is 1. The zero-order valence-corrected chi connectivity index (χ0v) is 10.9. The fourth-order valence-electron chi connectivity index (χ4n) is 1.39. The van der Waals surface area contributed by atoms with Crippen molar-refractivity contribution in [3.8, 4) is 11.5 Å². The number of Topliss-reactive ketones (excluding diaryl/α,β-unsaturated/α-hetero) is 1. The molecule has 1 aromatic rings. The standard InChI is InChI=1S/C11H14O3.C2H6/c1-7-5-6-9(8(2)12)11(14-4)10(7)13-3;1-2/h5-6H,1-4H3;1-2H3. The summed E-state index contributed by atoms with van der Waals surface area (Å²) in [5.41, 5.74) is 1.50. The van der Waals surface area contributed by atoms with E-state index in [1.54, 1.807) is 13.2 Å². The Morgan fingerprint density at radius 2 is 1.56 bits per heavy atom. The van der Waals surface area contributed by atoms with Crippen LogP contribution in [0.3, 0.4) is 0 Å². The first-order valence-electron chi connectivity index (χ1n) is 5.34. The number of hydrogen-bond donors (Lipinski definition) is 0. The first-order chi connectivity index (χ1) is 7.61. The molecule has 0 atom stereocenters. The van der Waals surface area contributed by atoms with E-state index >= 15 is 0 Å². The summed E-state index contributed by atoms with van der Waals surface area (Å²) >= 11 is 0. The van der Waals surface area contributed by atoms with Gasteiger partial charge in [0.1, 0.15) is 0 Å². The van der Waals surface area contributed by atoms with Crippen LogP contribution in [0.15, 0.2) is 12.1 Å². The SMILES string of the molecule is CC.COc1c(C)ccc(C(C)=O)c1OC. The molecule has 0 aromatic heterocycles. The highest BCUT2D eigenvalue weighted by Gasteiger charge is 2.15. The van der Waals surface area contributed by atoms with Crippen LogP contribution in [-0.4, -0.2) is 20.0 Å². The lowest BCUT2D eigenvalue weighted by Crippen LogP contribution is -2.01.